The lowest BCUT2D eigenvalue weighted by atomic mass is 9.79. The van der Waals surface area contributed by atoms with E-state index in [1.54, 1.807) is 18.3 Å². The van der Waals surface area contributed by atoms with Gasteiger partial charge in [-0.05, 0) is 91.4 Å². The van der Waals surface area contributed by atoms with E-state index in [4.69, 9.17) is 16.8 Å². The summed E-state index contributed by atoms with van der Waals surface area (Å²) in [6, 6.07) is 41.9. The quantitative estimate of drug-likeness (QED) is 0.182. The van der Waals surface area contributed by atoms with E-state index in [-0.39, 0.29) is 51.7 Å². The average Bonchev–Trinajstić information content (AvgIpc) is 3.68. The molecule has 7 aromatic carbocycles. The van der Waals surface area contributed by atoms with Crippen molar-refractivity contribution in [2.45, 2.75) is 78.6 Å². The Bertz CT molecular complexity index is 3400. The highest BCUT2D eigenvalue weighted by molar-refractivity contribution is 6.03. The molecule has 0 aliphatic rings. The van der Waals surface area contributed by atoms with E-state index < -0.39 is 6.04 Å². The van der Waals surface area contributed by atoms with E-state index >= 15 is 0 Å². The number of para-hydroxylation sites is 1. The van der Waals surface area contributed by atoms with Crippen molar-refractivity contribution in [3.05, 3.63) is 180 Å². The molecule has 62 heavy (non-hydrogen) atoms. The smallest absolute Gasteiger partial charge is 0.149 e. The molecule has 9 rings (SSSR count). The molecule has 4 nitrogen and oxygen atoms in total. The van der Waals surface area contributed by atoms with Gasteiger partial charge in [0.1, 0.15) is 11.6 Å². The van der Waals surface area contributed by atoms with Crippen molar-refractivity contribution < 1.29 is 12.0 Å². The number of rotatable bonds is 6. The molecule has 0 saturated heterocycles. The van der Waals surface area contributed by atoms with E-state index in [2.05, 4.69) is 176 Å². The largest absolute Gasteiger partial charge is 0.507 e. The summed E-state index contributed by atoms with van der Waals surface area (Å²) in [6.45, 7) is 19.5. The third-order valence-corrected chi connectivity index (χ3v) is 11.9. The zero-order valence-corrected chi connectivity index (χ0v) is 37.0. The second kappa shape index (κ2) is 15.3. The van der Waals surface area contributed by atoms with Crippen molar-refractivity contribution in [3.63, 3.8) is 0 Å². The van der Waals surface area contributed by atoms with Crippen molar-refractivity contribution in [1.82, 2.24) is 14.5 Å². The number of nitrogens with zero attached hydrogens (tertiary/aromatic N) is 3. The van der Waals surface area contributed by atoms with Gasteiger partial charge in [-0.2, -0.15) is 0 Å². The summed E-state index contributed by atoms with van der Waals surface area (Å²) >= 11 is 0. The van der Waals surface area contributed by atoms with Gasteiger partial charge in [0.15, 0.2) is 0 Å². The van der Waals surface area contributed by atoms with Crippen molar-refractivity contribution in [2.24, 2.45) is 0 Å². The highest BCUT2D eigenvalue weighted by Gasteiger charge is 2.30. The maximum Gasteiger partial charge on any atom is 0.149 e. The predicted octanol–water partition coefficient (Wildman–Crippen LogP) is 15.5. The van der Waals surface area contributed by atoms with E-state index in [1.807, 2.05) is 6.07 Å². The lowest BCUT2D eigenvalue weighted by Gasteiger charge is -2.28. The molecule has 1 N–H and O–H groups in total. The third-order valence-electron chi connectivity index (χ3n) is 11.9. The van der Waals surface area contributed by atoms with Crippen LogP contribution in [0.5, 0.6) is 5.75 Å². The first-order chi connectivity index (χ1) is 31.6. The van der Waals surface area contributed by atoms with E-state index in [0.717, 1.165) is 72.0 Å². The molecular weight excluding hydrogens is 755 g/mol. The minimum atomic E-state index is -0.432. The number of pyridine rings is 1. The van der Waals surface area contributed by atoms with Crippen LogP contribution in [0.4, 0.5) is 0 Å². The molecule has 0 amide bonds. The molecule has 4 heteroatoms. The van der Waals surface area contributed by atoms with Gasteiger partial charge < -0.3 is 5.11 Å². The molecule has 0 spiro atoms. The fourth-order valence-electron chi connectivity index (χ4n) is 8.40. The molecule has 0 saturated carbocycles. The number of aromatic hydroxyl groups is 1. The first-order valence-corrected chi connectivity index (χ1v) is 21.3. The first-order valence-electron chi connectivity index (χ1n) is 23.8. The zero-order valence-electron chi connectivity index (χ0n) is 42.0. The Balaban J connectivity index is 1.38. The Morgan fingerprint density at radius 1 is 0.532 bits per heavy atom. The van der Waals surface area contributed by atoms with Gasteiger partial charge in [0.25, 0.3) is 0 Å². The fraction of sp³-hybridized carbons (Fsp3) is 0.207. The maximum atomic E-state index is 12.6. The van der Waals surface area contributed by atoms with Crippen LogP contribution in [0.15, 0.2) is 164 Å². The van der Waals surface area contributed by atoms with Gasteiger partial charge in [0, 0.05) is 33.8 Å². The Labute approximate surface area is 373 Å². The monoisotopic (exact) mass is 814 g/mol. The summed E-state index contributed by atoms with van der Waals surface area (Å²) in [6.07, 6.45) is 1.63. The van der Waals surface area contributed by atoms with Gasteiger partial charge in [-0.1, -0.05) is 184 Å². The second-order valence-electron chi connectivity index (χ2n) is 19.4. The van der Waals surface area contributed by atoms with Crippen LogP contribution in [0.3, 0.4) is 0 Å². The molecule has 0 bridgehead atoms. The summed E-state index contributed by atoms with van der Waals surface area (Å²) in [5.74, 6) is 0.812. The van der Waals surface area contributed by atoms with Crippen molar-refractivity contribution in [1.29, 1.82) is 0 Å². The summed E-state index contributed by atoms with van der Waals surface area (Å²) in [5.41, 5.74) is 11.2. The summed E-state index contributed by atoms with van der Waals surface area (Å²) in [4.78, 5) is 10.5. The van der Waals surface area contributed by atoms with E-state index in [0.29, 0.717) is 22.6 Å². The number of phenols is 1. The molecule has 9 aromatic rings. The topological polar surface area (TPSA) is 50.9 Å². The number of benzene rings is 7. The molecule has 308 valence electrons. The van der Waals surface area contributed by atoms with Crippen LogP contribution < -0.4 is 0 Å². The molecule has 2 heterocycles. The highest BCUT2D eigenvalue weighted by atomic mass is 16.3. The predicted molar refractivity (Wildman–Crippen MR) is 261 cm³/mol. The van der Waals surface area contributed by atoms with Crippen molar-refractivity contribution in [3.8, 4) is 67.5 Å². The molecule has 0 radical (unpaired) electrons. The second-order valence-corrected chi connectivity index (χ2v) is 19.4. The Kier molecular flexibility index (Phi) is 8.60. The van der Waals surface area contributed by atoms with Crippen LogP contribution >= 0.6 is 0 Å². The van der Waals surface area contributed by atoms with Crippen LogP contribution in [-0.2, 0) is 16.2 Å². The van der Waals surface area contributed by atoms with Crippen molar-refractivity contribution >= 4 is 21.8 Å². The number of hydrogen-bond donors (Lipinski definition) is 1. The van der Waals surface area contributed by atoms with E-state index in [9.17, 15) is 5.11 Å². The van der Waals surface area contributed by atoms with Crippen LogP contribution in [0, 0.1) is 0 Å². The molecular formula is C58H55N3O. The van der Waals surface area contributed by atoms with Gasteiger partial charge >= 0.3 is 0 Å². The molecule has 0 aliphatic carbocycles. The minimum Gasteiger partial charge on any atom is -0.507 e. The zero-order chi connectivity index (χ0) is 47.9. The number of imidazole rings is 1. The average molecular weight is 815 g/mol. The molecule has 0 aliphatic heterocycles. The van der Waals surface area contributed by atoms with Crippen LogP contribution in [-0.4, -0.2) is 19.6 Å². The summed E-state index contributed by atoms with van der Waals surface area (Å²) < 4.78 is 44.6. The van der Waals surface area contributed by atoms with Gasteiger partial charge in [-0.3, -0.25) is 9.55 Å². The Morgan fingerprint density at radius 3 is 1.95 bits per heavy atom. The van der Waals surface area contributed by atoms with Gasteiger partial charge in [0.05, 0.1) is 34.8 Å². The fourth-order valence-corrected chi connectivity index (χ4v) is 8.40. The highest BCUT2D eigenvalue weighted by Crippen LogP contribution is 2.47. The maximum absolute atomic E-state index is 12.6. The van der Waals surface area contributed by atoms with Crippen molar-refractivity contribution in [2.75, 3.05) is 0 Å². The first kappa shape index (κ1) is 34.9. The molecule has 0 atom stereocenters. The summed E-state index contributed by atoms with van der Waals surface area (Å²) in [5, 5.41) is 14.7. The lowest BCUT2D eigenvalue weighted by Crippen LogP contribution is -2.17. The van der Waals surface area contributed by atoms with Gasteiger partial charge in [-0.25, -0.2) is 4.98 Å². The molecule has 0 fully saturated rings. The molecule has 0 unspecified atom stereocenters. The van der Waals surface area contributed by atoms with Gasteiger partial charge in [0.2, 0.25) is 0 Å². The standard InChI is InChI=1S/C58H55N3O/c1-56(2,3)43-32-41(31-42(33-43)50-34-40(29-30-59-50)37-19-12-10-13-20-37)45-25-18-26-51-52(45)60-55(48-35-44(57(4,5)6)36-49(54(48)62)58(7,8)9)61(51)53-46-24-17-16-23-39(46)27-28-47(53)38-21-14-11-15-22-38/h10-36,62H,1-9H3/i10D,12D,13D,19D,20D. The third kappa shape index (κ3) is 7.49. The number of hydrogen-bond acceptors (Lipinski definition) is 3. The van der Waals surface area contributed by atoms with Crippen LogP contribution in [0.25, 0.3) is 83.5 Å². The number of fused-ring (bicyclic) bond motifs is 2. The van der Waals surface area contributed by atoms with Gasteiger partial charge in [-0.15, -0.1) is 0 Å². The number of aromatic nitrogens is 3. The normalized spacial score (nSPS) is 13.5. The van der Waals surface area contributed by atoms with Crippen LogP contribution in [0.1, 0.15) is 85.9 Å². The Hall–Kier alpha value is -6.78. The SMILES string of the molecule is [2H]c1c([2H])c([2H])c(-c2ccnc(-c3cc(-c4cccc5c4nc(-c4cc(C(C)(C)C)cc(C(C)(C)C)c4O)n5-c4c(-c5ccccc5)ccc5ccccc45)cc(C(C)(C)C)c3)c2)c([2H])c1[2H]. The summed E-state index contributed by atoms with van der Waals surface area (Å²) in [7, 11) is 0. The lowest BCUT2D eigenvalue weighted by molar-refractivity contribution is 0.446. The van der Waals surface area contributed by atoms with E-state index in [1.165, 1.54) is 0 Å². The van der Waals surface area contributed by atoms with Crippen LogP contribution in [0.2, 0.25) is 0 Å². The Morgan fingerprint density at radius 2 is 1.23 bits per heavy atom. The molecule has 2 aromatic heterocycles. The minimum absolute atomic E-state index is 0.126. The number of phenolic OH excluding ortho intramolecular Hbond substituents is 1.